The molecule has 0 aliphatic carbocycles. The third-order valence-electron chi connectivity index (χ3n) is 3.54. The van der Waals surface area contributed by atoms with Crippen LogP contribution in [0.4, 0.5) is 0 Å². The molecule has 2 aromatic carbocycles. The highest BCUT2D eigenvalue weighted by Crippen LogP contribution is 2.27. The van der Waals surface area contributed by atoms with E-state index in [0.29, 0.717) is 11.8 Å². The third kappa shape index (κ3) is 2.84. The number of hydrogen-bond acceptors (Lipinski definition) is 4. The molecule has 0 spiro atoms. The number of fused-ring (bicyclic) bond motifs is 1. The number of benzene rings is 2. The van der Waals surface area contributed by atoms with Crippen LogP contribution in [0.5, 0.6) is 0 Å². The second-order valence-corrected chi connectivity index (χ2v) is 5.82. The lowest BCUT2D eigenvalue weighted by Gasteiger charge is -2.07. The summed E-state index contributed by atoms with van der Waals surface area (Å²) in [5, 5.41) is 13.8. The maximum absolute atomic E-state index is 5.79. The fourth-order valence-electron chi connectivity index (χ4n) is 2.34. The van der Waals surface area contributed by atoms with Crippen LogP contribution in [0.15, 0.2) is 45.3 Å². The van der Waals surface area contributed by atoms with Crippen LogP contribution in [0, 0.1) is 0 Å². The molecule has 0 radical (unpaired) electrons. The third-order valence-corrected chi connectivity index (χ3v) is 4.04. The summed E-state index contributed by atoms with van der Waals surface area (Å²) in [6.07, 6.45) is 0.907. The van der Waals surface area contributed by atoms with Crippen molar-refractivity contribution in [1.29, 1.82) is 0 Å². The molecule has 108 valence electrons. The van der Waals surface area contributed by atoms with E-state index in [9.17, 15) is 0 Å². The molecule has 3 rings (SSSR count). The minimum atomic E-state index is 0.0997. The summed E-state index contributed by atoms with van der Waals surface area (Å²) in [5.74, 6) is 1.19. The van der Waals surface area contributed by atoms with Crippen molar-refractivity contribution in [1.82, 2.24) is 15.5 Å². The quantitative estimate of drug-likeness (QED) is 0.764. The molecule has 1 N–H and O–H groups in total. The predicted molar refractivity (Wildman–Crippen MR) is 87.0 cm³/mol. The monoisotopic (exact) mass is 345 g/mol. The van der Waals surface area contributed by atoms with Crippen LogP contribution in [0.2, 0.25) is 0 Å². The lowest BCUT2D eigenvalue weighted by atomic mass is 10.1. The van der Waals surface area contributed by atoms with Gasteiger partial charge in [0, 0.05) is 10.0 Å². The van der Waals surface area contributed by atoms with E-state index in [2.05, 4.69) is 62.6 Å². The first-order chi connectivity index (χ1) is 10.2. The number of nitrogens with zero attached hydrogens (tertiary/aromatic N) is 2. The predicted octanol–water partition coefficient (Wildman–Crippen LogP) is 4.32. The first-order valence-electron chi connectivity index (χ1n) is 6.91. The van der Waals surface area contributed by atoms with Gasteiger partial charge >= 0.3 is 0 Å². The van der Waals surface area contributed by atoms with Crippen molar-refractivity contribution in [3.8, 4) is 11.5 Å². The van der Waals surface area contributed by atoms with Gasteiger partial charge in [-0.05, 0) is 48.5 Å². The van der Waals surface area contributed by atoms with Crippen molar-refractivity contribution < 1.29 is 4.42 Å². The van der Waals surface area contributed by atoms with E-state index in [0.717, 1.165) is 21.8 Å². The fourth-order valence-corrected chi connectivity index (χ4v) is 2.72. The van der Waals surface area contributed by atoms with Gasteiger partial charge in [-0.2, -0.15) is 0 Å². The Hall–Kier alpha value is -1.72. The average molecular weight is 346 g/mol. The first kappa shape index (κ1) is 14.2. The van der Waals surface area contributed by atoms with Crippen LogP contribution in [0.1, 0.15) is 25.3 Å². The number of aromatic nitrogens is 2. The highest BCUT2D eigenvalue weighted by Gasteiger charge is 2.15. The van der Waals surface area contributed by atoms with E-state index in [1.54, 1.807) is 0 Å². The van der Waals surface area contributed by atoms with Gasteiger partial charge in [-0.25, -0.2) is 0 Å². The van der Waals surface area contributed by atoms with Crippen LogP contribution in [0.25, 0.3) is 22.2 Å². The molecule has 3 aromatic rings. The highest BCUT2D eigenvalue weighted by molar-refractivity contribution is 9.10. The van der Waals surface area contributed by atoms with Gasteiger partial charge in [0.05, 0.1) is 6.04 Å². The molecule has 0 aliphatic heterocycles. The Morgan fingerprint density at radius 3 is 2.67 bits per heavy atom. The SMILES string of the molecule is CCC(NC)c1nnc(-c2ccc3cc(Br)ccc3c2)o1. The average Bonchev–Trinajstić information content (AvgIpc) is 2.98. The topological polar surface area (TPSA) is 51.0 Å². The van der Waals surface area contributed by atoms with Crippen molar-refractivity contribution in [2.24, 2.45) is 0 Å². The van der Waals surface area contributed by atoms with Gasteiger partial charge in [-0.1, -0.05) is 35.0 Å². The number of halogens is 1. The highest BCUT2D eigenvalue weighted by atomic mass is 79.9. The molecule has 1 unspecified atom stereocenters. The van der Waals surface area contributed by atoms with Crippen LogP contribution < -0.4 is 5.32 Å². The van der Waals surface area contributed by atoms with E-state index >= 15 is 0 Å². The van der Waals surface area contributed by atoms with Crippen LogP contribution in [-0.2, 0) is 0 Å². The van der Waals surface area contributed by atoms with Crippen LogP contribution in [0.3, 0.4) is 0 Å². The molecular weight excluding hydrogens is 330 g/mol. The van der Waals surface area contributed by atoms with E-state index in [4.69, 9.17) is 4.42 Å². The lowest BCUT2D eigenvalue weighted by Crippen LogP contribution is -2.15. The molecule has 5 heteroatoms. The summed E-state index contributed by atoms with van der Waals surface area (Å²) in [6.45, 7) is 2.08. The summed E-state index contributed by atoms with van der Waals surface area (Å²) in [5.41, 5.74) is 0.939. The summed E-state index contributed by atoms with van der Waals surface area (Å²) >= 11 is 3.48. The Bertz CT molecular complexity index is 765. The van der Waals surface area contributed by atoms with Gasteiger partial charge in [0.15, 0.2) is 0 Å². The number of nitrogens with one attached hydrogen (secondary N) is 1. The molecule has 0 saturated carbocycles. The van der Waals surface area contributed by atoms with Gasteiger partial charge in [0.2, 0.25) is 11.8 Å². The maximum Gasteiger partial charge on any atom is 0.247 e. The van der Waals surface area contributed by atoms with Crippen molar-refractivity contribution in [2.75, 3.05) is 7.05 Å². The zero-order chi connectivity index (χ0) is 14.8. The molecule has 0 amide bonds. The smallest absolute Gasteiger partial charge is 0.247 e. The van der Waals surface area contributed by atoms with E-state index < -0.39 is 0 Å². The summed E-state index contributed by atoms with van der Waals surface area (Å²) in [6, 6.07) is 12.4. The maximum atomic E-state index is 5.79. The van der Waals surface area contributed by atoms with E-state index in [1.165, 1.54) is 5.39 Å². The normalized spacial score (nSPS) is 12.7. The van der Waals surface area contributed by atoms with Gasteiger partial charge in [0.25, 0.3) is 0 Å². The Morgan fingerprint density at radius 1 is 1.14 bits per heavy atom. The second-order valence-electron chi connectivity index (χ2n) is 4.90. The Morgan fingerprint density at radius 2 is 1.90 bits per heavy atom. The Kier molecular flexibility index (Phi) is 4.03. The van der Waals surface area contributed by atoms with Gasteiger partial charge in [-0.15, -0.1) is 10.2 Å². The molecule has 0 bridgehead atoms. The first-order valence-corrected chi connectivity index (χ1v) is 7.71. The molecule has 21 heavy (non-hydrogen) atoms. The van der Waals surface area contributed by atoms with Gasteiger partial charge in [0.1, 0.15) is 0 Å². The Labute approximate surface area is 131 Å². The molecule has 0 saturated heterocycles. The van der Waals surface area contributed by atoms with Gasteiger partial charge in [-0.3, -0.25) is 0 Å². The number of hydrogen-bond donors (Lipinski definition) is 1. The Balaban J connectivity index is 1.98. The summed E-state index contributed by atoms with van der Waals surface area (Å²) in [7, 11) is 1.89. The van der Waals surface area contributed by atoms with Crippen molar-refractivity contribution in [3.63, 3.8) is 0 Å². The molecule has 4 nitrogen and oxygen atoms in total. The second kappa shape index (κ2) is 5.95. The summed E-state index contributed by atoms with van der Waals surface area (Å²) < 4.78 is 6.86. The molecule has 1 heterocycles. The largest absolute Gasteiger partial charge is 0.419 e. The fraction of sp³-hybridized carbons (Fsp3) is 0.250. The van der Waals surface area contributed by atoms with E-state index in [-0.39, 0.29) is 6.04 Å². The van der Waals surface area contributed by atoms with E-state index in [1.807, 2.05) is 19.2 Å². The van der Waals surface area contributed by atoms with Crippen molar-refractivity contribution in [2.45, 2.75) is 19.4 Å². The standard InChI is InChI=1S/C16H16BrN3O/c1-3-14(18-2)16-20-19-15(21-16)12-5-4-11-9-13(17)7-6-10(11)8-12/h4-9,14,18H,3H2,1-2H3. The molecule has 1 atom stereocenters. The lowest BCUT2D eigenvalue weighted by molar-refractivity contribution is 0.415. The van der Waals surface area contributed by atoms with Crippen molar-refractivity contribution >= 4 is 26.7 Å². The summed E-state index contributed by atoms with van der Waals surface area (Å²) in [4.78, 5) is 0. The number of rotatable bonds is 4. The minimum Gasteiger partial charge on any atom is -0.419 e. The van der Waals surface area contributed by atoms with Crippen LogP contribution in [-0.4, -0.2) is 17.2 Å². The zero-order valence-corrected chi connectivity index (χ0v) is 13.5. The molecule has 1 aromatic heterocycles. The van der Waals surface area contributed by atoms with Gasteiger partial charge < -0.3 is 9.73 Å². The zero-order valence-electron chi connectivity index (χ0n) is 11.9. The molecule has 0 fully saturated rings. The molecule has 0 aliphatic rings. The minimum absolute atomic E-state index is 0.0997. The molecular formula is C16H16BrN3O. The van der Waals surface area contributed by atoms with Crippen molar-refractivity contribution in [3.05, 3.63) is 46.8 Å². The van der Waals surface area contributed by atoms with Crippen LogP contribution >= 0.6 is 15.9 Å².